The zero-order valence-corrected chi connectivity index (χ0v) is 9.19. The predicted molar refractivity (Wildman–Crippen MR) is 58.6 cm³/mol. The molecule has 0 aromatic heterocycles. The van der Waals surface area contributed by atoms with Crippen molar-refractivity contribution in [1.29, 1.82) is 0 Å². The minimum absolute atomic E-state index is 0.0571. The van der Waals surface area contributed by atoms with Crippen molar-refractivity contribution in [3.63, 3.8) is 0 Å². The number of halogens is 1. The molecule has 0 saturated heterocycles. The van der Waals surface area contributed by atoms with Gasteiger partial charge in [-0.2, -0.15) is 0 Å². The van der Waals surface area contributed by atoms with Crippen LogP contribution in [0, 0.1) is 6.92 Å². The monoisotopic (exact) mass is 211 g/mol. The van der Waals surface area contributed by atoms with Gasteiger partial charge in [0.25, 0.3) is 0 Å². The van der Waals surface area contributed by atoms with Gasteiger partial charge in [0.05, 0.1) is 0 Å². The highest BCUT2D eigenvalue weighted by Gasteiger charge is 2.01. The molecule has 0 aliphatic rings. The van der Waals surface area contributed by atoms with Crippen LogP contribution in [0.5, 0.6) is 0 Å². The summed E-state index contributed by atoms with van der Waals surface area (Å²) in [5, 5.41) is 3.35. The largest absolute Gasteiger partial charge is 0.359 e. The summed E-state index contributed by atoms with van der Waals surface area (Å²) in [6.45, 7) is 1.96. The van der Waals surface area contributed by atoms with Crippen LogP contribution in [-0.2, 0) is 11.2 Å². The van der Waals surface area contributed by atoms with Crippen LogP contribution >= 0.6 is 11.6 Å². The van der Waals surface area contributed by atoms with E-state index in [4.69, 9.17) is 11.6 Å². The Morgan fingerprint density at radius 3 is 2.79 bits per heavy atom. The quantitative estimate of drug-likeness (QED) is 0.817. The second-order valence-corrected chi connectivity index (χ2v) is 3.66. The van der Waals surface area contributed by atoms with Crippen LogP contribution in [0.2, 0.25) is 5.02 Å². The first-order chi connectivity index (χ1) is 6.63. The van der Waals surface area contributed by atoms with Gasteiger partial charge >= 0.3 is 0 Å². The molecule has 2 nitrogen and oxygen atoms in total. The number of nitrogens with one attached hydrogen (secondary N) is 1. The van der Waals surface area contributed by atoms with Crippen LogP contribution in [0.25, 0.3) is 0 Å². The van der Waals surface area contributed by atoms with Crippen LogP contribution in [0.3, 0.4) is 0 Å². The molecular weight excluding hydrogens is 198 g/mol. The van der Waals surface area contributed by atoms with Crippen molar-refractivity contribution >= 4 is 17.5 Å². The second kappa shape index (κ2) is 5.01. The molecule has 0 radical (unpaired) electrons. The highest BCUT2D eigenvalue weighted by Crippen LogP contribution is 2.17. The van der Waals surface area contributed by atoms with E-state index in [0.717, 1.165) is 22.6 Å². The molecule has 1 aromatic carbocycles. The van der Waals surface area contributed by atoms with E-state index in [2.05, 4.69) is 5.32 Å². The highest BCUT2D eigenvalue weighted by atomic mass is 35.5. The molecule has 0 spiro atoms. The average Bonchev–Trinajstić information content (AvgIpc) is 2.19. The maximum atomic E-state index is 11.0. The molecule has 0 heterocycles. The normalized spacial score (nSPS) is 9.93. The summed E-state index contributed by atoms with van der Waals surface area (Å²) in [6, 6.07) is 5.89. The third kappa shape index (κ3) is 3.04. The van der Waals surface area contributed by atoms with Gasteiger partial charge in [-0.1, -0.05) is 23.7 Å². The molecule has 1 aromatic rings. The summed E-state index contributed by atoms with van der Waals surface area (Å²) in [5.41, 5.74) is 2.17. The number of hydrogen-bond donors (Lipinski definition) is 1. The molecule has 0 saturated carbocycles. The summed E-state index contributed by atoms with van der Waals surface area (Å²) in [5.74, 6) is 0.0571. The molecule has 1 amide bonds. The van der Waals surface area contributed by atoms with E-state index in [9.17, 15) is 4.79 Å². The van der Waals surface area contributed by atoms with Gasteiger partial charge in [-0.25, -0.2) is 0 Å². The first-order valence-corrected chi connectivity index (χ1v) is 4.97. The molecule has 0 atom stereocenters. The number of hydrogen-bond acceptors (Lipinski definition) is 1. The van der Waals surface area contributed by atoms with E-state index < -0.39 is 0 Å². The number of benzene rings is 1. The van der Waals surface area contributed by atoms with Crippen molar-refractivity contribution in [2.75, 3.05) is 7.05 Å². The molecule has 0 aliphatic carbocycles. The van der Waals surface area contributed by atoms with Crippen molar-refractivity contribution in [2.45, 2.75) is 19.8 Å². The summed E-state index contributed by atoms with van der Waals surface area (Å²) in [6.07, 6.45) is 1.25. The van der Waals surface area contributed by atoms with E-state index in [0.29, 0.717) is 6.42 Å². The Morgan fingerprint density at radius 2 is 2.21 bits per heavy atom. The summed E-state index contributed by atoms with van der Waals surface area (Å²) >= 11 is 5.96. The van der Waals surface area contributed by atoms with Crippen molar-refractivity contribution < 1.29 is 4.79 Å². The zero-order valence-electron chi connectivity index (χ0n) is 8.43. The van der Waals surface area contributed by atoms with Crippen LogP contribution < -0.4 is 5.32 Å². The lowest BCUT2D eigenvalue weighted by molar-refractivity contribution is -0.120. The Hall–Kier alpha value is -1.02. The molecule has 1 N–H and O–H groups in total. The number of carbonyl (C=O) groups is 1. The topological polar surface area (TPSA) is 29.1 Å². The predicted octanol–water partition coefficient (Wildman–Crippen LogP) is 2.33. The molecular formula is C11H14ClNO. The Kier molecular flexibility index (Phi) is 3.96. The smallest absolute Gasteiger partial charge is 0.220 e. The van der Waals surface area contributed by atoms with Crippen LogP contribution in [0.1, 0.15) is 17.5 Å². The van der Waals surface area contributed by atoms with Gasteiger partial charge in [0.2, 0.25) is 5.91 Å². The molecule has 3 heteroatoms. The number of aryl methyl sites for hydroxylation is 2. The second-order valence-electron chi connectivity index (χ2n) is 3.26. The Labute approximate surface area is 89.3 Å². The first kappa shape index (κ1) is 11.1. The van der Waals surface area contributed by atoms with Gasteiger partial charge < -0.3 is 5.32 Å². The van der Waals surface area contributed by atoms with Crippen LogP contribution in [0.4, 0.5) is 0 Å². The van der Waals surface area contributed by atoms with Gasteiger partial charge in [-0.15, -0.1) is 0 Å². The number of carbonyl (C=O) groups excluding carboxylic acids is 1. The fourth-order valence-electron chi connectivity index (χ4n) is 1.17. The van der Waals surface area contributed by atoms with E-state index in [1.165, 1.54) is 0 Å². The van der Waals surface area contributed by atoms with Crippen LogP contribution in [-0.4, -0.2) is 13.0 Å². The van der Waals surface area contributed by atoms with E-state index in [-0.39, 0.29) is 5.91 Å². The molecule has 76 valence electrons. The van der Waals surface area contributed by atoms with Crippen molar-refractivity contribution in [2.24, 2.45) is 0 Å². The van der Waals surface area contributed by atoms with E-state index in [1.54, 1.807) is 7.05 Å². The summed E-state index contributed by atoms with van der Waals surface area (Å²) in [7, 11) is 1.64. The lowest BCUT2D eigenvalue weighted by atomic mass is 10.1. The highest BCUT2D eigenvalue weighted by molar-refractivity contribution is 6.31. The molecule has 1 rings (SSSR count). The molecule has 0 aliphatic heterocycles. The van der Waals surface area contributed by atoms with Gasteiger partial charge in [0, 0.05) is 18.5 Å². The fraction of sp³-hybridized carbons (Fsp3) is 0.364. The third-order valence-corrected chi connectivity index (χ3v) is 2.56. The Bertz CT molecular complexity index is 336. The van der Waals surface area contributed by atoms with Gasteiger partial charge in [-0.05, 0) is 30.5 Å². The molecule has 0 unspecified atom stereocenters. The van der Waals surface area contributed by atoms with Crippen LogP contribution in [0.15, 0.2) is 18.2 Å². The molecule has 0 bridgehead atoms. The first-order valence-electron chi connectivity index (χ1n) is 4.59. The summed E-state index contributed by atoms with van der Waals surface area (Å²) in [4.78, 5) is 11.0. The minimum Gasteiger partial charge on any atom is -0.359 e. The maximum absolute atomic E-state index is 11.0. The number of rotatable bonds is 3. The van der Waals surface area contributed by atoms with E-state index in [1.807, 2.05) is 25.1 Å². The van der Waals surface area contributed by atoms with E-state index >= 15 is 0 Å². The molecule has 14 heavy (non-hydrogen) atoms. The van der Waals surface area contributed by atoms with Crippen molar-refractivity contribution in [3.8, 4) is 0 Å². The van der Waals surface area contributed by atoms with Crippen molar-refractivity contribution in [1.82, 2.24) is 5.32 Å². The third-order valence-electron chi connectivity index (χ3n) is 2.16. The van der Waals surface area contributed by atoms with Gasteiger partial charge in [0.15, 0.2) is 0 Å². The van der Waals surface area contributed by atoms with Gasteiger partial charge in [0.1, 0.15) is 0 Å². The fourth-order valence-corrected chi connectivity index (χ4v) is 1.38. The lowest BCUT2D eigenvalue weighted by Crippen LogP contribution is -2.17. The zero-order chi connectivity index (χ0) is 10.6. The minimum atomic E-state index is 0.0571. The Balaban J connectivity index is 2.60. The maximum Gasteiger partial charge on any atom is 0.220 e. The average molecular weight is 212 g/mol. The van der Waals surface area contributed by atoms with Crippen molar-refractivity contribution in [3.05, 3.63) is 34.3 Å². The number of amides is 1. The summed E-state index contributed by atoms with van der Waals surface area (Å²) < 4.78 is 0. The Morgan fingerprint density at radius 1 is 1.50 bits per heavy atom. The molecule has 0 fully saturated rings. The standard InChI is InChI=1S/C11H14ClNO/c1-8-3-4-9(7-10(8)12)5-6-11(14)13-2/h3-4,7H,5-6H2,1-2H3,(H,13,14). The SMILES string of the molecule is CNC(=O)CCc1ccc(C)c(Cl)c1. The van der Waals surface area contributed by atoms with Gasteiger partial charge in [-0.3, -0.25) is 4.79 Å². The lowest BCUT2D eigenvalue weighted by Gasteiger charge is -2.03.